The van der Waals surface area contributed by atoms with Gasteiger partial charge >= 0.3 is 0 Å². The van der Waals surface area contributed by atoms with Gasteiger partial charge in [-0.1, -0.05) is 16.8 Å². The van der Waals surface area contributed by atoms with E-state index in [1.165, 1.54) is 0 Å². The number of hydrogen-bond donors (Lipinski definition) is 0. The lowest BCUT2D eigenvalue weighted by Gasteiger charge is -1.87. The molecular weight excluding hydrogens is 137 g/mol. The van der Waals surface area contributed by atoms with E-state index in [1.54, 1.807) is 0 Å². The zero-order valence-electron chi connectivity index (χ0n) is 3.40. The lowest BCUT2D eigenvalue weighted by molar-refractivity contribution is 0.175. The second kappa shape index (κ2) is 1.88. The Morgan fingerprint density at radius 3 is 2.71 bits per heavy atom. The van der Waals surface area contributed by atoms with Gasteiger partial charge in [0.1, 0.15) is 12.0 Å². The summed E-state index contributed by atoms with van der Waals surface area (Å²) in [6, 6.07) is 0. The van der Waals surface area contributed by atoms with Gasteiger partial charge in [-0.3, -0.25) is 0 Å². The monoisotopic (exact) mass is 139 g/mol. The van der Waals surface area contributed by atoms with Crippen molar-refractivity contribution >= 4 is 28.4 Å². The summed E-state index contributed by atoms with van der Waals surface area (Å²) in [4.78, 5) is 4.49. The number of halogens is 2. The molecule has 0 N–H and O–H groups in total. The zero-order valence-corrected chi connectivity index (χ0v) is 4.91. The Kier molecular flexibility index (Phi) is 1.40. The van der Waals surface area contributed by atoms with Gasteiger partial charge in [0, 0.05) is 0 Å². The van der Waals surface area contributed by atoms with Crippen LogP contribution >= 0.6 is 23.2 Å². The minimum Gasteiger partial charge on any atom is -0.393 e. The molecule has 1 aliphatic heterocycles. The van der Waals surface area contributed by atoms with E-state index in [2.05, 4.69) is 9.99 Å². The molecule has 1 rings (SSSR count). The van der Waals surface area contributed by atoms with Gasteiger partial charge in [-0.25, -0.2) is 0 Å². The van der Waals surface area contributed by atoms with Crippen LogP contribution in [0.2, 0.25) is 0 Å². The van der Waals surface area contributed by atoms with E-state index in [9.17, 15) is 0 Å². The van der Waals surface area contributed by atoms with Crippen molar-refractivity contribution in [2.45, 2.75) is 5.38 Å². The lowest BCUT2D eigenvalue weighted by Crippen LogP contribution is -2.04. The van der Waals surface area contributed by atoms with Crippen LogP contribution in [0, 0.1) is 0 Å². The maximum atomic E-state index is 5.47. The summed E-state index contributed by atoms with van der Waals surface area (Å²) in [6.45, 7) is 0.403. The van der Waals surface area contributed by atoms with E-state index in [0.717, 1.165) is 0 Å². The van der Waals surface area contributed by atoms with E-state index in [4.69, 9.17) is 23.2 Å². The molecular formula is C3H3Cl2NO. The first kappa shape index (κ1) is 5.19. The van der Waals surface area contributed by atoms with Crippen LogP contribution in [0.25, 0.3) is 0 Å². The zero-order chi connectivity index (χ0) is 5.28. The quantitative estimate of drug-likeness (QED) is 0.463. The summed E-state index contributed by atoms with van der Waals surface area (Å²) in [6.07, 6.45) is 0. The Morgan fingerprint density at radius 1 is 1.86 bits per heavy atom. The molecule has 4 heteroatoms. The highest BCUT2D eigenvalue weighted by Crippen LogP contribution is 2.10. The predicted molar refractivity (Wildman–Crippen MR) is 28.9 cm³/mol. The fraction of sp³-hybridized carbons (Fsp3) is 0.667. The maximum Gasteiger partial charge on any atom is 0.166 e. The third-order valence-electron chi connectivity index (χ3n) is 0.631. The number of hydrogen-bond acceptors (Lipinski definition) is 2. The predicted octanol–water partition coefficient (Wildman–Crippen LogP) is 1.18. The van der Waals surface area contributed by atoms with Crippen LogP contribution in [0.4, 0.5) is 0 Å². The molecule has 0 saturated heterocycles. The molecule has 0 aromatic rings. The van der Waals surface area contributed by atoms with Gasteiger partial charge in [-0.05, 0) is 0 Å². The molecule has 7 heavy (non-hydrogen) atoms. The number of alkyl halides is 1. The average Bonchev–Trinajstić information content (AvgIpc) is 1.91. The molecule has 0 aromatic carbocycles. The number of nitrogens with zero attached hydrogens (tertiary/aromatic N) is 1. The van der Waals surface area contributed by atoms with E-state index < -0.39 is 0 Å². The largest absolute Gasteiger partial charge is 0.393 e. The van der Waals surface area contributed by atoms with Crippen LogP contribution in [0.15, 0.2) is 5.16 Å². The Labute approximate surface area is 51.0 Å². The smallest absolute Gasteiger partial charge is 0.166 e. The fourth-order valence-electron chi connectivity index (χ4n) is 0.290. The van der Waals surface area contributed by atoms with Gasteiger partial charge in [-0.15, -0.1) is 11.6 Å². The molecule has 1 aliphatic rings. The average molecular weight is 140 g/mol. The van der Waals surface area contributed by atoms with Gasteiger partial charge in [0.15, 0.2) is 5.17 Å². The lowest BCUT2D eigenvalue weighted by atomic mass is 10.5. The molecule has 1 unspecified atom stereocenters. The molecule has 0 spiro atoms. The summed E-state index contributed by atoms with van der Waals surface area (Å²) in [5.41, 5.74) is 0. The highest BCUT2D eigenvalue weighted by atomic mass is 35.5. The van der Waals surface area contributed by atoms with Crippen molar-refractivity contribution in [3.8, 4) is 0 Å². The SMILES string of the molecule is ClC1=NOCC1Cl. The summed E-state index contributed by atoms with van der Waals surface area (Å²) >= 11 is 10.8. The van der Waals surface area contributed by atoms with Crippen molar-refractivity contribution in [3.05, 3.63) is 0 Å². The molecule has 0 fully saturated rings. The Balaban J connectivity index is 2.54. The summed E-state index contributed by atoms with van der Waals surface area (Å²) in [5.74, 6) is 0. The van der Waals surface area contributed by atoms with E-state index >= 15 is 0 Å². The first-order chi connectivity index (χ1) is 3.30. The summed E-state index contributed by atoms with van der Waals surface area (Å²) in [5, 5.41) is 3.50. The highest BCUT2D eigenvalue weighted by Gasteiger charge is 2.17. The van der Waals surface area contributed by atoms with E-state index in [0.29, 0.717) is 11.8 Å². The fourth-order valence-corrected chi connectivity index (χ4v) is 0.498. The minimum absolute atomic E-state index is 0.221. The third-order valence-corrected chi connectivity index (χ3v) is 1.41. The Morgan fingerprint density at radius 2 is 2.57 bits per heavy atom. The van der Waals surface area contributed by atoms with Crippen LogP contribution in [0.3, 0.4) is 0 Å². The molecule has 0 aromatic heterocycles. The molecule has 0 saturated carbocycles. The van der Waals surface area contributed by atoms with Crippen LogP contribution in [-0.2, 0) is 4.84 Å². The molecule has 0 radical (unpaired) electrons. The van der Waals surface area contributed by atoms with Crippen LogP contribution in [-0.4, -0.2) is 17.2 Å². The van der Waals surface area contributed by atoms with Gasteiger partial charge in [-0.2, -0.15) is 0 Å². The van der Waals surface area contributed by atoms with Crippen molar-refractivity contribution in [2.75, 3.05) is 6.61 Å². The minimum atomic E-state index is -0.221. The van der Waals surface area contributed by atoms with Crippen molar-refractivity contribution in [3.63, 3.8) is 0 Å². The highest BCUT2D eigenvalue weighted by molar-refractivity contribution is 6.71. The Bertz CT molecular complexity index is 103. The van der Waals surface area contributed by atoms with E-state index in [-0.39, 0.29) is 5.38 Å². The van der Waals surface area contributed by atoms with Crippen LogP contribution in [0.1, 0.15) is 0 Å². The summed E-state index contributed by atoms with van der Waals surface area (Å²) < 4.78 is 0. The van der Waals surface area contributed by atoms with Gasteiger partial charge in [0.2, 0.25) is 0 Å². The molecule has 0 aliphatic carbocycles. The molecule has 1 atom stereocenters. The van der Waals surface area contributed by atoms with Crippen molar-refractivity contribution < 1.29 is 4.84 Å². The van der Waals surface area contributed by atoms with Crippen molar-refractivity contribution in [2.24, 2.45) is 5.16 Å². The molecule has 40 valence electrons. The Hall–Kier alpha value is 0.0500. The second-order valence-corrected chi connectivity index (χ2v) is 2.09. The topological polar surface area (TPSA) is 21.6 Å². The maximum absolute atomic E-state index is 5.47. The second-order valence-electron chi connectivity index (χ2n) is 1.18. The van der Waals surface area contributed by atoms with Gasteiger partial charge in [0.05, 0.1) is 0 Å². The first-order valence-electron chi connectivity index (χ1n) is 1.80. The number of oxime groups is 1. The molecule has 0 amide bonds. The van der Waals surface area contributed by atoms with Crippen LogP contribution in [0.5, 0.6) is 0 Å². The molecule has 2 nitrogen and oxygen atoms in total. The normalized spacial score (nSPS) is 29.4. The summed E-state index contributed by atoms with van der Waals surface area (Å²) in [7, 11) is 0. The van der Waals surface area contributed by atoms with Gasteiger partial charge < -0.3 is 4.84 Å². The van der Waals surface area contributed by atoms with E-state index in [1.807, 2.05) is 0 Å². The van der Waals surface area contributed by atoms with Crippen LogP contribution < -0.4 is 0 Å². The number of rotatable bonds is 0. The first-order valence-corrected chi connectivity index (χ1v) is 2.61. The van der Waals surface area contributed by atoms with Crippen molar-refractivity contribution in [1.82, 2.24) is 0 Å². The molecule has 1 heterocycles. The molecule has 0 bridgehead atoms. The third kappa shape index (κ3) is 0.983. The van der Waals surface area contributed by atoms with Crippen molar-refractivity contribution in [1.29, 1.82) is 0 Å². The standard InChI is InChI=1S/C3H3Cl2NO/c4-2-1-7-6-3(2)5/h2H,1H2. The van der Waals surface area contributed by atoms with Gasteiger partial charge in [0.25, 0.3) is 0 Å².